The summed E-state index contributed by atoms with van der Waals surface area (Å²) >= 11 is 0. The van der Waals surface area contributed by atoms with Crippen LogP contribution < -0.4 is 15.0 Å². The minimum Gasteiger partial charge on any atom is -0.495 e. The number of nitrogens with zero attached hydrogens (tertiary/aromatic N) is 1. The van der Waals surface area contributed by atoms with Gasteiger partial charge in [-0.25, -0.2) is 0 Å². The highest BCUT2D eigenvalue weighted by Crippen LogP contribution is 2.31. The molecule has 1 N–H and O–H groups in total. The van der Waals surface area contributed by atoms with Crippen molar-refractivity contribution in [2.75, 3.05) is 31.6 Å². The van der Waals surface area contributed by atoms with Crippen LogP contribution in [0, 0.1) is 12.8 Å². The van der Waals surface area contributed by atoms with E-state index in [1.165, 1.54) is 11.3 Å². The number of anilines is 1. The third-order valence-corrected chi connectivity index (χ3v) is 3.72. The highest BCUT2D eigenvalue weighted by atomic mass is 16.5. The largest absolute Gasteiger partial charge is 0.495 e. The Balaban J connectivity index is 2.35. The van der Waals surface area contributed by atoms with E-state index in [0.29, 0.717) is 5.92 Å². The summed E-state index contributed by atoms with van der Waals surface area (Å²) in [7, 11) is 1.75. The van der Waals surface area contributed by atoms with Gasteiger partial charge in [0.1, 0.15) is 5.75 Å². The van der Waals surface area contributed by atoms with Gasteiger partial charge >= 0.3 is 0 Å². The molecule has 1 saturated heterocycles. The van der Waals surface area contributed by atoms with Crippen molar-refractivity contribution in [2.24, 2.45) is 5.92 Å². The van der Waals surface area contributed by atoms with E-state index in [0.717, 1.165) is 25.4 Å². The molecular weight excluding hydrogens is 236 g/mol. The fraction of sp³-hybridized carbons (Fsp3) is 0.625. The zero-order chi connectivity index (χ0) is 14.0. The molecule has 0 bridgehead atoms. The molecule has 1 unspecified atom stereocenters. The molecule has 0 radical (unpaired) electrons. The Morgan fingerprint density at radius 3 is 2.79 bits per heavy atom. The van der Waals surface area contributed by atoms with Crippen LogP contribution in [0.1, 0.15) is 26.3 Å². The summed E-state index contributed by atoms with van der Waals surface area (Å²) in [5.74, 6) is 1.60. The molecule has 3 nitrogen and oxygen atoms in total. The van der Waals surface area contributed by atoms with Crippen LogP contribution in [0.3, 0.4) is 0 Å². The van der Waals surface area contributed by atoms with Gasteiger partial charge in [-0.3, -0.25) is 0 Å². The molecule has 2 rings (SSSR count). The molecule has 0 spiro atoms. The molecule has 1 aliphatic rings. The van der Waals surface area contributed by atoms with Crippen LogP contribution in [0.4, 0.5) is 5.69 Å². The third kappa shape index (κ3) is 3.41. The number of hydrogen-bond donors (Lipinski definition) is 1. The minimum atomic E-state index is 0.125. The first-order valence-corrected chi connectivity index (χ1v) is 7.06. The average Bonchev–Trinajstić information content (AvgIpc) is 2.48. The van der Waals surface area contributed by atoms with E-state index in [9.17, 15) is 0 Å². The van der Waals surface area contributed by atoms with E-state index in [-0.39, 0.29) is 5.54 Å². The molecule has 1 aliphatic heterocycles. The Bertz CT molecular complexity index is 442. The lowest BCUT2D eigenvalue weighted by atomic mass is 10.0. The first kappa shape index (κ1) is 14.2. The number of benzene rings is 1. The van der Waals surface area contributed by atoms with Crippen LogP contribution >= 0.6 is 0 Å². The fourth-order valence-electron chi connectivity index (χ4n) is 2.72. The molecule has 106 valence electrons. The number of nitrogens with one attached hydrogen (secondary N) is 1. The Labute approximate surface area is 116 Å². The van der Waals surface area contributed by atoms with Gasteiger partial charge in [-0.15, -0.1) is 0 Å². The maximum Gasteiger partial charge on any atom is 0.142 e. The zero-order valence-corrected chi connectivity index (χ0v) is 12.8. The van der Waals surface area contributed by atoms with Crippen molar-refractivity contribution < 1.29 is 4.74 Å². The number of rotatable bonds is 2. The van der Waals surface area contributed by atoms with Gasteiger partial charge in [0, 0.05) is 18.6 Å². The Morgan fingerprint density at radius 2 is 2.11 bits per heavy atom. The van der Waals surface area contributed by atoms with Crippen LogP contribution in [0.2, 0.25) is 0 Å². The number of methoxy groups -OCH3 is 1. The molecule has 0 saturated carbocycles. The quantitative estimate of drug-likeness (QED) is 0.887. The standard InChI is InChI=1S/C16H26N2O/c1-12-6-7-15(19-5)14(8-12)18-10-13(2)9-17-16(3,4)11-18/h6-8,13,17H,9-11H2,1-5H3. The van der Waals surface area contributed by atoms with Crippen LogP contribution in [-0.2, 0) is 0 Å². The van der Waals surface area contributed by atoms with Gasteiger partial charge in [-0.2, -0.15) is 0 Å². The van der Waals surface area contributed by atoms with Crippen LogP contribution in [0.25, 0.3) is 0 Å². The lowest BCUT2D eigenvalue weighted by molar-refractivity contribution is 0.398. The molecule has 1 heterocycles. The summed E-state index contributed by atoms with van der Waals surface area (Å²) in [6.45, 7) is 12.1. The Hall–Kier alpha value is -1.22. The van der Waals surface area contributed by atoms with Gasteiger partial charge in [0.15, 0.2) is 0 Å². The second-order valence-electron chi connectivity index (χ2n) is 6.43. The first-order chi connectivity index (χ1) is 8.91. The molecule has 0 aromatic heterocycles. The number of aryl methyl sites for hydroxylation is 1. The van der Waals surface area contributed by atoms with Gasteiger partial charge in [0.05, 0.1) is 12.8 Å². The second-order valence-corrected chi connectivity index (χ2v) is 6.43. The summed E-state index contributed by atoms with van der Waals surface area (Å²) in [5, 5.41) is 3.64. The first-order valence-electron chi connectivity index (χ1n) is 7.06. The smallest absolute Gasteiger partial charge is 0.142 e. The molecule has 0 aliphatic carbocycles. The van der Waals surface area contributed by atoms with E-state index in [2.05, 4.69) is 56.1 Å². The number of hydrogen-bond acceptors (Lipinski definition) is 3. The van der Waals surface area contributed by atoms with E-state index in [1.807, 2.05) is 0 Å². The highest BCUT2D eigenvalue weighted by molar-refractivity contribution is 5.60. The van der Waals surface area contributed by atoms with Crippen molar-refractivity contribution in [3.05, 3.63) is 23.8 Å². The van der Waals surface area contributed by atoms with Gasteiger partial charge in [0.25, 0.3) is 0 Å². The van der Waals surface area contributed by atoms with E-state index in [4.69, 9.17) is 4.74 Å². The van der Waals surface area contributed by atoms with Crippen molar-refractivity contribution in [3.8, 4) is 5.75 Å². The molecule has 0 amide bonds. The molecule has 1 atom stereocenters. The molecule has 3 heteroatoms. The Kier molecular flexibility index (Phi) is 4.04. The SMILES string of the molecule is COc1ccc(C)cc1N1CC(C)CNC(C)(C)C1. The van der Waals surface area contributed by atoms with Crippen LogP contribution in [0.5, 0.6) is 5.75 Å². The summed E-state index contributed by atoms with van der Waals surface area (Å²) < 4.78 is 5.54. The molecular formula is C16H26N2O. The van der Waals surface area contributed by atoms with Gasteiger partial charge in [-0.05, 0) is 50.9 Å². The van der Waals surface area contributed by atoms with Crippen molar-refractivity contribution in [1.82, 2.24) is 5.32 Å². The monoisotopic (exact) mass is 262 g/mol. The number of ether oxygens (including phenoxy) is 1. The topological polar surface area (TPSA) is 24.5 Å². The molecule has 19 heavy (non-hydrogen) atoms. The molecule has 1 fully saturated rings. The maximum atomic E-state index is 5.54. The van der Waals surface area contributed by atoms with Crippen molar-refractivity contribution in [2.45, 2.75) is 33.2 Å². The maximum absolute atomic E-state index is 5.54. The summed E-state index contributed by atoms with van der Waals surface area (Å²) in [6.07, 6.45) is 0. The van der Waals surface area contributed by atoms with E-state index < -0.39 is 0 Å². The van der Waals surface area contributed by atoms with Crippen molar-refractivity contribution in [3.63, 3.8) is 0 Å². The third-order valence-electron chi connectivity index (χ3n) is 3.72. The van der Waals surface area contributed by atoms with Gasteiger partial charge in [0.2, 0.25) is 0 Å². The lowest BCUT2D eigenvalue weighted by Gasteiger charge is -2.32. The van der Waals surface area contributed by atoms with Crippen molar-refractivity contribution in [1.29, 1.82) is 0 Å². The highest BCUT2D eigenvalue weighted by Gasteiger charge is 2.28. The normalized spacial score (nSPS) is 23.0. The second kappa shape index (κ2) is 5.41. The van der Waals surface area contributed by atoms with E-state index in [1.54, 1.807) is 7.11 Å². The lowest BCUT2D eigenvalue weighted by Crippen LogP contribution is -2.46. The van der Waals surface area contributed by atoms with Crippen molar-refractivity contribution >= 4 is 5.69 Å². The van der Waals surface area contributed by atoms with Crippen LogP contribution in [0.15, 0.2) is 18.2 Å². The molecule has 1 aromatic carbocycles. The minimum absolute atomic E-state index is 0.125. The Morgan fingerprint density at radius 1 is 1.37 bits per heavy atom. The molecule has 1 aromatic rings. The predicted octanol–water partition coefficient (Wildman–Crippen LogP) is 2.83. The summed E-state index contributed by atoms with van der Waals surface area (Å²) in [4.78, 5) is 2.45. The van der Waals surface area contributed by atoms with Gasteiger partial charge in [-0.1, -0.05) is 13.0 Å². The zero-order valence-electron chi connectivity index (χ0n) is 12.8. The van der Waals surface area contributed by atoms with E-state index >= 15 is 0 Å². The van der Waals surface area contributed by atoms with Crippen LogP contribution in [-0.4, -0.2) is 32.3 Å². The van der Waals surface area contributed by atoms with Gasteiger partial charge < -0.3 is 15.0 Å². The summed E-state index contributed by atoms with van der Waals surface area (Å²) in [6, 6.07) is 6.40. The summed E-state index contributed by atoms with van der Waals surface area (Å²) in [5.41, 5.74) is 2.61. The average molecular weight is 262 g/mol. The fourth-order valence-corrected chi connectivity index (χ4v) is 2.72. The predicted molar refractivity (Wildman–Crippen MR) is 81.2 cm³/mol.